The van der Waals surface area contributed by atoms with Gasteiger partial charge in [0.2, 0.25) is 11.8 Å². The van der Waals surface area contributed by atoms with E-state index in [-0.39, 0.29) is 17.7 Å². The molecule has 1 aromatic carbocycles. The number of amides is 2. The molecule has 0 radical (unpaired) electrons. The maximum absolute atomic E-state index is 12.5. The first-order chi connectivity index (χ1) is 10.6. The smallest absolute Gasteiger partial charge is 0.228 e. The number of benzene rings is 1. The molecule has 0 heterocycles. The predicted molar refractivity (Wildman–Crippen MR) is 87.6 cm³/mol. The van der Waals surface area contributed by atoms with E-state index in [1.54, 1.807) is 0 Å². The first-order valence-electron chi connectivity index (χ1n) is 7.96. The SMILES string of the molecule is CCC(=O)Nc1ccc(C)c(NC(=O)[C@H]2C[C@@H]3C=C[C@H]2C3)c1. The minimum atomic E-state index is -0.0284. The van der Waals surface area contributed by atoms with Gasteiger partial charge in [-0.15, -0.1) is 0 Å². The average Bonchev–Trinajstić information content (AvgIpc) is 3.13. The Labute approximate surface area is 131 Å². The Morgan fingerprint density at radius 1 is 1.18 bits per heavy atom. The van der Waals surface area contributed by atoms with E-state index in [2.05, 4.69) is 22.8 Å². The monoisotopic (exact) mass is 298 g/mol. The van der Waals surface area contributed by atoms with Crippen molar-refractivity contribution in [2.75, 3.05) is 10.6 Å². The lowest BCUT2D eigenvalue weighted by Crippen LogP contribution is -2.26. The van der Waals surface area contributed by atoms with Gasteiger partial charge in [-0.3, -0.25) is 9.59 Å². The normalized spacial score (nSPS) is 25.3. The molecule has 3 atom stereocenters. The third kappa shape index (κ3) is 2.91. The van der Waals surface area contributed by atoms with Crippen molar-refractivity contribution >= 4 is 23.2 Å². The number of nitrogens with one attached hydrogen (secondary N) is 2. The molecule has 2 bridgehead atoms. The standard InChI is InChI=1S/C18H22N2O2/c1-3-17(21)19-14-7-4-11(2)16(10-14)20-18(22)15-9-12-5-6-13(15)8-12/h4-7,10,12-13,15H,3,8-9H2,1-2H3,(H,19,21)(H,20,22)/t12-,13+,15+/m1/s1. The maximum Gasteiger partial charge on any atom is 0.228 e. The van der Waals surface area contributed by atoms with Crippen LogP contribution in [0.2, 0.25) is 0 Å². The second kappa shape index (κ2) is 5.95. The summed E-state index contributed by atoms with van der Waals surface area (Å²) in [5.74, 6) is 1.13. The third-order valence-electron chi connectivity index (χ3n) is 4.72. The molecule has 1 fully saturated rings. The molecule has 1 saturated carbocycles. The zero-order valence-electron chi connectivity index (χ0n) is 13.1. The van der Waals surface area contributed by atoms with E-state index in [4.69, 9.17) is 0 Å². The van der Waals surface area contributed by atoms with Crippen LogP contribution >= 0.6 is 0 Å². The highest BCUT2D eigenvalue weighted by molar-refractivity contribution is 5.96. The van der Waals surface area contributed by atoms with Crippen molar-refractivity contribution in [1.82, 2.24) is 0 Å². The topological polar surface area (TPSA) is 58.2 Å². The van der Waals surface area contributed by atoms with Crippen LogP contribution in [0.1, 0.15) is 31.7 Å². The van der Waals surface area contributed by atoms with Gasteiger partial charge in [0, 0.05) is 23.7 Å². The minimum absolute atomic E-state index is 0.0284. The second-order valence-electron chi connectivity index (χ2n) is 6.31. The molecule has 0 aliphatic heterocycles. The number of carbonyl (C=O) groups excluding carboxylic acids is 2. The van der Waals surface area contributed by atoms with Gasteiger partial charge in [-0.05, 0) is 49.3 Å². The highest BCUT2D eigenvalue weighted by Gasteiger charge is 2.39. The van der Waals surface area contributed by atoms with Crippen LogP contribution in [0.5, 0.6) is 0 Å². The van der Waals surface area contributed by atoms with Gasteiger partial charge in [-0.2, -0.15) is 0 Å². The lowest BCUT2D eigenvalue weighted by atomic mass is 9.92. The number of anilines is 2. The van der Waals surface area contributed by atoms with Crippen LogP contribution in [-0.4, -0.2) is 11.8 Å². The van der Waals surface area contributed by atoms with E-state index >= 15 is 0 Å². The minimum Gasteiger partial charge on any atom is -0.326 e. The number of carbonyl (C=O) groups is 2. The number of fused-ring (bicyclic) bond motifs is 2. The van der Waals surface area contributed by atoms with E-state index in [0.29, 0.717) is 18.3 Å². The fraction of sp³-hybridized carbons (Fsp3) is 0.444. The molecule has 1 aromatic rings. The second-order valence-corrected chi connectivity index (χ2v) is 6.31. The van der Waals surface area contributed by atoms with Crippen molar-refractivity contribution in [2.45, 2.75) is 33.1 Å². The molecule has 0 spiro atoms. The van der Waals surface area contributed by atoms with E-state index in [1.807, 2.05) is 32.0 Å². The molecule has 0 aromatic heterocycles. The summed E-state index contributed by atoms with van der Waals surface area (Å²) in [5.41, 5.74) is 2.51. The van der Waals surface area contributed by atoms with Crippen LogP contribution in [0.25, 0.3) is 0 Å². The first kappa shape index (κ1) is 14.8. The van der Waals surface area contributed by atoms with Crippen LogP contribution < -0.4 is 10.6 Å². The first-order valence-corrected chi connectivity index (χ1v) is 7.96. The molecule has 4 heteroatoms. The van der Waals surface area contributed by atoms with Crippen molar-refractivity contribution in [3.05, 3.63) is 35.9 Å². The zero-order chi connectivity index (χ0) is 15.7. The van der Waals surface area contributed by atoms with Gasteiger partial charge in [0.1, 0.15) is 0 Å². The molecular formula is C18H22N2O2. The lowest BCUT2D eigenvalue weighted by molar-refractivity contribution is -0.120. The van der Waals surface area contributed by atoms with Gasteiger partial charge in [0.15, 0.2) is 0 Å². The predicted octanol–water partition coefficient (Wildman–Crippen LogP) is 3.49. The summed E-state index contributed by atoms with van der Waals surface area (Å²) in [5, 5.41) is 5.87. The Morgan fingerprint density at radius 2 is 2.00 bits per heavy atom. The molecule has 2 aliphatic carbocycles. The van der Waals surface area contributed by atoms with E-state index in [0.717, 1.165) is 29.8 Å². The average molecular weight is 298 g/mol. The number of hydrogen-bond donors (Lipinski definition) is 2. The van der Waals surface area contributed by atoms with Crippen LogP contribution in [0.4, 0.5) is 11.4 Å². The molecule has 4 nitrogen and oxygen atoms in total. The maximum atomic E-state index is 12.5. The molecule has 0 unspecified atom stereocenters. The Morgan fingerprint density at radius 3 is 2.64 bits per heavy atom. The Bertz CT molecular complexity index is 636. The molecule has 2 aliphatic rings. The molecule has 22 heavy (non-hydrogen) atoms. The summed E-state index contributed by atoms with van der Waals surface area (Å²) in [7, 11) is 0. The molecular weight excluding hydrogens is 276 g/mol. The summed E-state index contributed by atoms with van der Waals surface area (Å²) in [4.78, 5) is 24.0. The van der Waals surface area contributed by atoms with Gasteiger partial charge < -0.3 is 10.6 Å². The van der Waals surface area contributed by atoms with Crippen molar-refractivity contribution in [1.29, 1.82) is 0 Å². The highest BCUT2D eigenvalue weighted by atomic mass is 16.2. The van der Waals surface area contributed by atoms with Crippen molar-refractivity contribution in [3.63, 3.8) is 0 Å². The summed E-state index contributed by atoms with van der Waals surface area (Å²) in [6, 6.07) is 5.62. The van der Waals surface area contributed by atoms with E-state index < -0.39 is 0 Å². The van der Waals surface area contributed by atoms with Crippen LogP contribution in [0.15, 0.2) is 30.4 Å². The largest absolute Gasteiger partial charge is 0.326 e. The van der Waals surface area contributed by atoms with Gasteiger partial charge in [-0.1, -0.05) is 25.1 Å². The van der Waals surface area contributed by atoms with E-state index in [9.17, 15) is 9.59 Å². The van der Waals surface area contributed by atoms with Gasteiger partial charge >= 0.3 is 0 Å². The van der Waals surface area contributed by atoms with Gasteiger partial charge in [0.05, 0.1) is 0 Å². The quantitative estimate of drug-likeness (QED) is 0.836. The fourth-order valence-electron chi connectivity index (χ4n) is 3.39. The number of hydrogen-bond acceptors (Lipinski definition) is 2. The Kier molecular flexibility index (Phi) is 4.01. The van der Waals surface area contributed by atoms with Crippen molar-refractivity contribution < 1.29 is 9.59 Å². The van der Waals surface area contributed by atoms with Crippen LogP contribution in [0.3, 0.4) is 0 Å². The summed E-state index contributed by atoms with van der Waals surface area (Å²) in [6.45, 7) is 3.77. The Balaban J connectivity index is 1.71. The molecule has 0 saturated heterocycles. The zero-order valence-corrected chi connectivity index (χ0v) is 13.1. The fourth-order valence-corrected chi connectivity index (χ4v) is 3.39. The summed E-state index contributed by atoms with van der Waals surface area (Å²) in [6.07, 6.45) is 6.93. The van der Waals surface area contributed by atoms with Crippen LogP contribution in [0, 0.1) is 24.7 Å². The molecule has 2 amide bonds. The highest BCUT2D eigenvalue weighted by Crippen LogP contribution is 2.43. The van der Waals surface area contributed by atoms with Crippen molar-refractivity contribution in [2.24, 2.45) is 17.8 Å². The lowest BCUT2D eigenvalue weighted by Gasteiger charge is -2.19. The molecule has 116 valence electrons. The molecule has 3 rings (SSSR count). The number of allylic oxidation sites excluding steroid dienone is 2. The third-order valence-corrected chi connectivity index (χ3v) is 4.72. The summed E-state index contributed by atoms with van der Waals surface area (Å²) < 4.78 is 0. The summed E-state index contributed by atoms with van der Waals surface area (Å²) >= 11 is 0. The van der Waals surface area contributed by atoms with Crippen molar-refractivity contribution in [3.8, 4) is 0 Å². The molecule has 2 N–H and O–H groups in total. The van der Waals surface area contributed by atoms with Gasteiger partial charge in [0.25, 0.3) is 0 Å². The van der Waals surface area contributed by atoms with Gasteiger partial charge in [-0.25, -0.2) is 0 Å². The Hall–Kier alpha value is -2.10. The van der Waals surface area contributed by atoms with Crippen LogP contribution in [-0.2, 0) is 9.59 Å². The number of rotatable bonds is 4. The van der Waals surface area contributed by atoms with E-state index in [1.165, 1.54) is 0 Å². The number of aryl methyl sites for hydroxylation is 1.